The predicted octanol–water partition coefficient (Wildman–Crippen LogP) is 3.48. The number of allylic oxidation sites excluding steroid dienone is 1. The average Bonchev–Trinajstić information content (AvgIpc) is 2.92. The van der Waals surface area contributed by atoms with Gasteiger partial charge in [-0.2, -0.15) is 0 Å². The van der Waals surface area contributed by atoms with E-state index in [9.17, 15) is 34.5 Å². The number of carbonyl (C=O) groups is 4. The zero-order chi connectivity index (χ0) is 32.3. The van der Waals surface area contributed by atoms with Gasteiger partial charge in [-0.1, -0.05) is 52.8 Å². The van der Waals surface area contributed by atoms with E-state index in [-0.39, 0.29) is 36.2 Å². The van der Waals surface area contributed by atoms with Crippen molar-refractivity contribution in [1.82, 2.24) is 0 Å². The molecule has 3 unspecified atom stereocenters. The molecule has 9 atom stereocenters. The molecular formula is C32H41ClO10. The number of aliphatic hydroxyl groups is 3. The number of alkyl halides is 1. The van der Waals surface area contributed by atoms with Gasteiger partial charge in [0.05, 0.1) is 29.1 Å². The van der Waals surface area contributed by atoms with Crippen LogP contribution in [0.2, 0.25) is 0 Å². The minimum Gasteiger partial charge on any atom is -0.456 e. The molecule has 2 saturated carbocycles. The van der Waals surface area contributed by atoms with Crippen molar-refractivity contribution in [1.29, 1.82) is 0 Å². The van der Waals surface area contributed by atoms with E-state index < -0.39 is 81.2 Å². The van der Waals surface area contributed by atoms with E-state index >= 15 is 0 Å². The minimum atomic E-state index is -2.15. The number of rotatable bonds is 5. The third-order valence-electron chi connectivity index (χ3n) is 10.2. The summed E-state index contributed by atoms with van der Waals surface area (Å²) in [6.07, 6.45) is -4.95. The molecule has 2 bridgehead atoms. The predicted molar refractivity (Wildman–Crippen MR) is 155 cm³/mol. The smallest absolute Gasteiger partial charge is 0.338 e. The van der Waals surface area contributed by atoms with Crippen molar-refractivity contribution in [2.45, 2.75) is 103 Å². The standard InChI is InChI=1S/C32H41ClO10/c1-8-31(43-18(4)35)22(37)14-21(33)30(7)25(31)27(42-28(39)19-12-10-9-11-13-19)32(40)15-20(36)16(2)23(29(32,5)6)24(26(30)38)41-17(3)34/h9-13,16,20-22,25,27,36-37,40H,8,14-15H2,1-7H3/t16?,20-,21?,22+,25?,27-,30+,31-,32+/m0/s1. The number of esters is 3. The van der Waals surface area contributed by atoms with Crippen LogP contribution in [0.25, 0.3) is 0 Å². The zero-order valence-electron chi connectivity index (χ0n) is 25.5. The molecule has 0 amide bonds. The Bertz CT molecular complexity index is 1340. The molecule has 0 heterocycles. The lowest BCUT2D eigenvalue weighted by atomic mass is 9.45. The van der Waals surface area contributed by atoms with Crippen LogP contribution in [-0.2, 0) is 28.6 Å². The number of Topliss-reactive ketones (excluding diaryl/α,β-unsaturated/α-hetero) is 1. The highest BCUT2D eigenvalue weighted by Gasteiger charge is 2.74. The highest BCUT2D eigenvalue weighted by atomic mass is 35.5. The topological polar surface area (TPSA) is 157 Å². The van der Waals surface area contributed by atoms with Gasteiger partial charge in [-0.05, 0) is 30.5 Å². The molecule has 0 radical (unpaired) electrons. The van der Waals surface area contributed by atoms with Crippen molar-refractivity contribution < 1.29 is 48.7 Å². The molecular weight excluding hydrogens is 580 g/mol. The maximum absolute atomic E-state index is 14.9. The number of carbonyl (C=O) groups excluding carboxylic acids is 4. The van der Waals surface area contributed by atoms with Gasteiger partial charge in [0.15, 0.2) is 5.76 Å². The van der Waals surface area contributed by atoms with Crippen LogP contribution in [0.4, 0.5) is 0 Å². The summed E-state index contributed by atoms with van der Waals surface area (Å²) in [6, 6.07) is 8.02. The van der Waals surface area contributed by atoms with Gasteiger partial charge in [0.1, 0.15) is 17.3 Å². The lowest BCUT2D eigenvalue weighted by Gasteiger charge is -2.64. The SMILES string of the molecule is CC[C@@]1(OC(C)=O)C2[C@H](OC(=O)c3ccccc3)[C@]3(O)C[C@H](O)C(C)C(=C(OC(C)=O)C(=O)[C@]2(C)C(Cl)C[C@H]1O)C3(C)C. The Morgan fingerprint density at radius 3 is 2.19 bits per heavy atom. The van der Waals surface area contributed by atoms with Crippen LogP contribution in [0.5, 0.6) is 0 Å². The Morgan fingerprint density at radius 1 is 1.05 bits per heavy atom. The van der Waals surface area contributed by atoms with Crippen LogP contribution in [-0.4, -0.2) is 73.9 Å². The first-order valence-electron chi connectivity index (χ1n) is 14.6. The molecule has 236 valence electrons. The van der Waals surface area contributed by atoms with Gasteiger partial charge in [-0.3, -0.25) is 14.4 Å². The molecule has 3 aliphatic rings. The number of hydrogen-bond donors (Lipinski definition) is 3. The number of ether oxygens (including phenoxy) is 3. The Hall–Kier alpha value is -2.79. The summed E-state index contributed by atoms with van der Waals surface area (Å²) in [4.78, 5) is 53.8. The molecule has 0 spiro atoms. The summed E-state index contributed by atoms with van der Waals surface area (Å²) < 4.78 is 17.7. The van der Waals surface area contributed by atoms with Gasteiger partial charge in [-0.15, -0.1) is 11.6 Å². The Balaban J connectivity index is 2.17. The van der Waals surface area contributed by atoms with Crippen molar-refractivity contribution in [3.63, 3.8) is 0 Å². The maximum Gasteiger partial charge on any atom is 0.338 e. The van der Waals surface area contributed by atoms with Crippen molar-refractivity contribution in [3.8, 4) is 0 Å². The van der Waals surface area contributed by atoms with Gasteiger partial charge in [-0.25, -0.2) is 4.79 Å². The Kier molecular flexibility index (Phi) is 8.69. The van der Waals surface area contributed by atoms with Gasteiger partial charge in [0, 0.05) is 37.0 Å². The molecule has 1 aromatic rings. The van der Waals surface area contributed by atoms with E-state index in [4.69, 9.17) is 25.8 Å². The van der Waals surface area contributed by atoms with Crippen molar-refractivity contribution in [2.75, 3.05) is 0 Å². The van der Waals surface area contributed by atoms with Crippen LogP contribution in [0.1, 0.15) is 78.1 Å². The number of benzene rings is 1. The third-order valence-corrected chi connectivity index (χ3v) is 10.8. The fourth-order valence-electron chi connectivity index (χ4n) is 7.85. The second kappa shape index (κ2) is 11.3. The van der Waals surface area contributed by atoms with Gasteiger partial charge < -0.3 is 29.5 Å². The molecule has 2 fully saturated rings. The minimum absolute atomic E-state index is 0.0563. The number of aliphatic hydroxyl groups excluding tert-OH is 2. The molecule has 0 aromatic heterocycles. The second-order valence-corrected chi connectivity index (χ2v) is 13.4. The van der Waals surface area contributed by atoms with Crippen molar-refractivity contribution in [3.05, 3.63) is 47.2 Å². The van der Waals surface area contributed by atoms with Crippen LogP contribution in [0.15, 0.2) is 41.7 Å². The summed E-state index contributed by atoms with van der Waals surface area (Å²) in [5.74, 6) is -5.78. The van der Waals surface area contributed by atoms with Gasteiger partial charge >= 0.3 is 17.9 Å². The summed E-state index contributed by atoms with van der Waals surface area (Å²) in [7, 11) is 0. The lowest BCUT2D eigenvalue weighted by Crippen LogP contribution is -2.76. The number of hydrogen-bond acceptors (Lipinski definition) is 10. The zero-order valence-corrected chi connectivity index (χ0v) is 26.3. The summed E-state index contributed by atoms with van der Waals surface area (Å²) >= 11 is 6.97. The Morgan fingerprint density at radius 2 is 1.65 bits per heavy atom. The van der Waals surface area contributed by atoms with E-state index in [1.807, 2.05) is 0 Å². The van der Waals surface area contributed by atoms with Crippen LogP contribution in [0.3, 0.4) is 0 Å². The summed E-state index contributed by atoms with van der Waals surface area (Å²) in [5, 5.41) is 34.7. The summed E-state index contributed by atoms with van der Waals surface area (Å²) in [5.41, 5.74) is -7.01. The lowest BCUT2D eigenvalue weighted by molar-refractivity contribution is -0.268. The molecule has 3 aliphatic carbocycles. The fraction of sp³-hybridized carbons (Fsp3) is 0.625. The second-order valence-electron chi connectivity index (χ2n) is 12.8. The molecule has 0 saturated heterocycles. The first kappa shape index (κ1) is 33.1. The average molecular weight is 621 g/mol. The van der Waals surface area contributed by atoms with Gasteiger partial charge in [0.2, 0.25) is 5.78 Å². The molecule has 3 N–H and O–H groups in total. The number of ketones is 1. The highest BCUT2D eigenvalue weighted by molar-refractivity contribution is 6.24. The normalized spacial score (nSPS) is 38.7. The van der Waals surface area contributed by atoms with E-state index in [0.717, 1.165) is 13.8 Å². The van der Waals surface area contributed by atoms with E-state index in [1.165, 1.54) is 19.1 Å². The number of halogens is 1. The van der Waals surface area contributed by atoms with Crippen LogP contribution < -0.4 is 0 Å². The molecule has 1 aromatic carbocycles. The maximum atomic E-state index is 14.9. The van der Waals surface area contributed by atoms with Crippen LogP contribution >= 0.6 is 11.6 Å². The fourth-order valence-corrected chi connectivity index (χ4v) is 8.25. The largest absolute Gasteiger partial charge is 0.456 e. The third kappa shape index (κ3) is 4.90. The summed E-state index contributed by atoms with van der Waals surface area (Å²) in [6.45, 7) is 10.3. The first-order valence-corrected chi connectivity index (χ1v) is 15.0. The highest BCUT2D eigenvalue weighted by Crippen LogP contribution is 2.64. The van der Waals surface area contributed by atoms with E-state index in [2.05, 4.69) is 0 Å². The molecule has 0 aliphatic heterocycles. The molecule has 4 rings (SSSR count). The molecule has 11 heteroatoms. The Labute approximate surface area is 256 Å². The monoisotopic (exact) mass is 620 g/mol. The van der Waals surface area contributed by atoms with Crippen molar-refractivity contribution >= 4 is 35.3 Å². The quantitative estimate of drug-likeness (QED) is 0.253. The first-order chi connectivity index (χ1) is 19.9. The molecule has 43 heavy (non-hydrogen) atoms. The van der Waals surface area contributed by atoms with E-state index in [1.54, 1.807) is 45.9 Å². The van der Waals surface area contributed by atoms with Crippen molar-refractivity contribution in [2.24, 2.45) is 22.7 Å². The number of fused-ring (bicyclic) bond motifs is 3. The molecule has 10 nitrogen and oxygen atoms in total. The van der Waals surface area contributed by atoms with Crippen LogP contribution in [0, 0.1) is 22.7 Å². The van der Waals surface area contributed by atoms with E-state index in [0.29, 0.717) is 0 Å². The van der Waals surface area contributed by atoms with Gasteiger partial charge in [0.25, 0.3) is 0 Å².